The smallest absolute Gasteiger partial charge is 0.306 e. The van der Waals surface area contributed by atoms with Crippen molar-refractivity contribution in [1.29, 1.82) is 0 Å². The van der Waals surface area contributed by atoms with Gasteiger partial charge in [0.25, 0.3) is 0 Å². The molecule has 2 aromatic carbocycles. The van der Waals surface area contributed by atoms with Crippen LogP contribution in [0.3, 0.4) is 0 Å². The second-order valence-corrected chi connectivity index (χ2v) is 16.4. The van der Waals surface area contributed by atoms with Crippen LogP contribution in [0.15, 0.2) is 60.7 Å². The molecular formula is C48H64N6O12. The standard InChI is InChI=1S/C48H64N6O12/c1-33-37(31-65-43-11-9-35(27-49-29-39(55)25-45(57)58)47(51-43)63-23-17-53-13-19-61-20-14-53)5-3-7-41(33)42-8-4-6-38(34(42)2)32-66-44-12-10-36(28-50-30-40(56)26-46(59)60)48(52-44)64-24-18-54-15-21-62-22-16-54/h3-12,39-40,49-50,55-56H,13-32H2,1-2H3,(H,57,58)(H,59,60)/t39-,40-/m0/s1. The van der Waals surface area contributed by atoms with Gasteiger partial charge in [0.1, 0.15) is 26.4 Å². The molecule has 0 aliphatic carbocycles. The van der Waals surface area contributed by atoms with Crippen molar-refractivity contribution >= 4 is 11.9 Å². The van der Waals surface area contributed by atoms with E-state index in [1.54, 1.807) is 12.1 Å². The minimum absolute atomic E-state index is 0.104. The number of carboxylic acid groups (broad SMARTS) is 2. The number of morpholine rings is 2. The predicted molar refractivity (Wildman–Crippen MR) is 244 cm³/mol. The Bertz CT molecular complexity index is 2020. The first-order valence-electron chi connectivity index (χ1n) is 22.5. The first-order valence-corrected chi connectivity index (χ1v) is 22.5. The molecule has 0 spiro atoms. The third kappa shape index (κ3) is 15.9. The molecule has 18 nitrogen and oxygen atoms in total. The summed E-state index contributed by atoms with van der Waals surface area (Å²) in [4.78, 5) is 36.0. The van der Waals surface area contributed by atoms with E-state index < -0.39 is 24.1 Å². The minimum Gasteiger partial charge on any atom is -0.481 e. The monoisotopic (exact) mass is 916 g/mol. The second-order valence-electron chi connectivity index (χ2n) is 16.4. The van der Waals surface area contributed by atoms with E-state index in [0.29, 0.717) is 89.3 Å². The summed E-state index contributed by atoms with van der Waals surface area (Å²) < 4.78 is 35.9. The quantitative estimate of drug-likeness (QED) is 0.0505. The van der Waals surface area contributed by atoms with E-state index in [0.717, 1.165) is 70.7 Å². The molecule has 358 valence electrons. The van der Waals surface area contributed by atoms with E-state index >= 15 is 0 Å². The molecule has 0 bridgehead atoms. The summed E-state index contributed by atoms with van der Waals surface area (Å²) in [6.45, 7) is 13.8. The lowest BCUT2D eigenvalue weighted by Gasteiger charge is -2.26. The van der Waals surface area contributed by atoms with Gasteiger partial charge in [-0.3, -0.25) is 19.4 Å². The molecule has 2 atom stereocenters. The number of carboxylic acids is 2. The van der Waals surface area contributed by atoms with Crippen LogP contribution in [0.5, 0.6) is 23.5 Å². The maximum absolute atomic E-state index is 11.0. The number of hydrogen-bond acceptors (Lipinski definition) is 16. The van der Waals surface area contributed by atoms with Gasteiger partial charge in [-0.1, -0.05) is 36.4 Å². The summed E-state index contributed by atoms with van der Waals surface area (Å²) in [6.07, 6.45) is -2.75. The van der Waals surface area contributed by atoms with Crippen LogP contribution in [-0.4, -0.2) is 156 Å². The fraction of sp³-hybridized carbons (Fsp3) is 0.500. The molecule has 2 aliphatic rings. The van der Waals surface area contributed by atoms with Crippen molar-refractivity contribution in [3.8, 4) is 34.6 Å². The Morgan fingerprint density at radius 3 is 1.41 bits per heavy atom. The Kier molecular flexibility index (Phi) is 19.7. The Balaban J connectivity index is 1.10. The molecule has 2 saturated heterocycles. The molecule has 2 aromatic heterocycles. The highest BCUT2D eigenvalue weighted by Gasteiger charge is 2.18. The SMILES string of the molecule is Cc1c(COc2ccc(CNC[C@@H](O)CC(=O)O)c(OCCN3CCOCC3)n2)cccc1-c1cccc(COc2ccc(CNC[C@@H](O)CC(=O)O)c(OCCN3CCOCC3)n2)c1C. The normalized spacial score (nSPS) is 15.5. The number of hydrogen-bond donors (Lipinski definition) is 6. The zero-order valence-corrected chi connectivity index (χ0v) is 37.9. The number of rotatable bonds is 27. The van der Waals surface area contributed by atoms with Crippen molar-refractivity contribution in [3.63, 3.8) is 0 Å². The lowest BCUT2D eigenvalue weighted by atomic mass is 9.92. The highest BCUT2D eigenvalue weighted by atomic mass is 16.5. The number of aliphatic hydroxyl groups excluding tert-OH is 2. The topological polar surface area (TPSA) is 227 Å². The first-order chi connectivity index (χ1) is 32.0. The summed E-state index contributed by atoms with van der Waals surface area (Å²) in [5.74, 6) is -0.533. The highest BCUT2D eigenvalue weighted by molar-refractivity contribution is 5.72. The van der Waals surface area contributed by atoms with Crippen molar-refractivity contribution in [2.45, 2.75) is 65.2 Å². The van der Waals surface area contributed by atoms with Crippen LogP contribution in [0, 0.1) is 13.8 Å². The summed E-state index contributed by atoms with van der Waals surface area (Å²) >= 11 is 0. The van der Waals surface area contributed by atoms with E-state index in [4.69, 9.17) is 48.6 Å². The number of aliphatic carboxylic acids is 2. The number of nitrogens with one attached hydrogen (secondary N) is 2. The van der Waals surface area contributed by atoms with Gasteiger partial charge in [-0.15, -0.1) is 0 Å². The molecule has 6 N–H and O–H groups in total. The molecule has 2 aliphatic heterocycles. The van der Waals surface area contributed by atoms with Crippen LogP contribution in [0.1, 0.15) is 46.2 Å². The molecule has 6 rings (SSSR count). The Labute approximate surface area is 385 Å². The fourth-order valence-electron chi connectivity index (χ4n) is 7.64. The number of nitrogens with zero attached hydrogens (tertiary/aromatic N) is 4. The van der Waals surface area contributed by atoms with Crippen molar-refractivity contribution in [1.82, 2.24) is 30.4 Å². The van der Waals surface area contributed by atoms with Gasteiger partial charge in [0.2, 0.25) is 23.5 Å². The lowest BCUT2D eigenvalue weighted by Crippen LogP contribution is -2.38. The van der Waals surface area contributed by atoms with Crippen LogP contribution in [0.4, 0.5) is 0 Å². The third-order valence-corrected chi connectivity index (χ3v) is 11.5. The molecule has 0 amide bonds. The molecular weight excluding hydrogens is 853 g/mol. The Morgan fingerprint density at radius 2 is 1.02 bits per heavy atom. The van der Waals surface area contributed by atoms with Crippen molar-refractivity contribution in [2.75, 3.05) is 92.0 Å². The zero-order chi connectivity index (χ0) is 46.7. The highest BCUT2D eigenvalue weighted by Crippen LogP contribution is 2.32. The van der Waals surface area contributed by atoms with Gasteiger partial charge in [0.05, 0.1) is 51.5 Å². The molecule has 18 heteroatoms. The predicted octanol–water partition coefficient (Wildman–Crippen LogP) is 3.19. The van der Waals surface area contributed by atoms with Crippen molar-refractivity contribution in [2.24, 2.45) is 0 Å². The lowest BCUT2D eigenvalue weighted by molar-refractivity contribution is -0.140. The van der Waals surface area contributed by atoms with Gasteiger partial charge >= 0.3 is 11.9 Å². The van der Waals surface area contributed by atoms with Crippen molar-refractivity contribution < 1.29 is 58.4 Å². The zero-order valence-electron chi connectivity index (χ0n) is 37.9. The number of carbonyl (C=O) groups is 2. The van der Waals surface area contributed by atoms with Gasteiger partial charge in [-0.05, 0) is 59.4 Å². The molecule has 66 heavy (non-hydrogen) atoms. The first kappa shape index (κ1) is 50.0. The minimum atomic E-state index is -1.06. The number of ether oxygens (including phenoxy) is 6. The van der Waals surface area contributed by atoms with Gasteiger partial charge < -0.3 is 59.5 Å². The summed E-state index contributed by atoms with van der Waals surface area (Å²) in [7, 11) is 0. The average molecular weight is 917 g/mol. The molecule has 0 saturated carbocycles. The number of aromatic nitrogens is 2. The summed E-state index contributed by atoms with van der Waals surface area (Å²) in [6, 6.07) is 19.6. The molecule has 0 unspecified atom stereocenters. The van der Waals surface area contributed by atoms with E-state index in [2.05, 4.69) is 46.4 Å². The molecule has 4 aromatic rings. The van der Waals surface area contributed by atoms with E-state index in [1.165, 1.54) is 0 Å². The Hall–Kier alpha value is -5.44. The van der Waals surface area contributed by atoms with Crippen LogP contribution >= 0.6 is 0 Å². The van der Waals surface area contributed by atoms with Crippen LogP contribution < -0.4 is 29.6 Å². The maximum Gasteiger partial charge on any atom is 0.306 e. The maximum atomic E-state index is 11.0. The van der Waals surface area contributed by atoms with Crippen molar-refractivity contribution in [3.05, 3.63) is 94.0 Å². The van der Waals surface area contributed by atoms with E-state index in [1.807, 2.05) is 36.4 Å². The van der Waals surface area contributed by atoms with Crippen LogP contribution in [0.2, 0.25) is 0 Å². The molecule has 4 heterocycles. The second kappa shape index (κ2) is 26.0. The Morgan fingerprint density at radius 1 is 0.606 bits per heavy atom. The largest absolute Gasteiger partial charge is 0.481 e. The third-order valence-electron chi connectivity index (χ3n) is 11.5. The van der Waals surface area contributed by atoms with Gasteiger partial charge in [0.15, 0.2) is 0 Å². The molecule has 0 radical (unpaired) electrons. The van der Waals surface area contributed by atoms with Gasteiger partial charge in [-0.2, -0.15) is 9.97 Å². The summed E-state index contributed by atoms with van der Waals surface area (Å²) in [5.41, 5.74) is 7.71. The van der Waals surface area contributed by atoms with Gasteiger partial charge in [0, 0.05) is 88.7 Å². The number of benzene rings is 2. The molecule has 2 fully saturated rings. The van der Waals surface area contributed by atoms with E-state index in [9.17, 15) is 19.8 Å². The van der Waals surface area contributed by atoms with Gasteiger partial charge in [-0.25, -0.2) is 0 Å². The van der Waals surface area contributed by atoms with E-state index in [-0.39, 0.29) is 39.1 Å². The number of pyridine rings is 2. The summed E-state index contributed by atoms with van der Waals surface area (Å²) in [5, 5.41) is 44.3. The van der Waals surface area contributed by atoms with Crippen LogP contribution in [-0.2, 0) is 45.4 Å². The number of aliphatic hydroxyl groups is 2. The average Bonchev–Trinajstić information content (AvgIpc) is 3.30. The van der Waals surface area contributed by atoms with Crippen LogP contribution in [0.25, 0.3) is 11.1 Å². The fourth-order valence-corrected chi connectivity index (χ4v) is 7.64.